The van der Waals surface area contributed by atoms with Crippen molar-refractivity contribution in [3.8, 4) is 0 Å². The summed E-state index contributed by atoms with van der Waals surface area (Å²) in [6.07, 6.45) is -3.18. The molecule has 0 bridgehead atoms. The van der Waals surface area contributed by atoms with Crippen molar-refractivity contribution in [1.82, 2.24) is 4.98 Å². The van der Waals surface area contributed by atoms with Crippen LogP contribution in [0.15, 0.2) is 53.6 Å². The van der Waals surface area contributed by atoms with Crippen molar-refractivity contribution >= 4 is 16.6 Å². The lowest BCUT2D eigenvalue weighted by Crippen LogP contribution is -2.16. The molecule has 0 unspecified atom stereocenters. The Hall–Kier alpha value is -1.89. The molecule has 1 heterocycles. The van der Waals surface area contributed by atoms with E-state index in [1.165, 1.54) is 12.3 Å². The van der Waals surface area contributed by atoms with E-state index < -0.39 is 22.5 Å². The Balaban J connectivity index is 1.97. The molecule has 3 nitrogen and oxygen atoms in total. The molecule has 2 rings (SSSR count). The lowest BCUT2D eigenvalue weighted by molar-refractivity contribution is -0.137. The van der Waals surface area contributed by atoms with Gasteiger partial charge in [0.05, 0.1) is 16.4 Å². The lowest BCUT2D eigenvalue weighted by Gasteiger charge is -2.12. The van der Waals surface area contributed by atoms with Gasteiger partial charge in [-0.2, -0.15) is 13.2 Å². The molecule has 0 fully saturated rings. The highest BCUT2D eigenvalue weighted by Crippen LogP contribution is 2.33. The fourth-order valence-electron chi connectivity index (χ4n) is 1.73. The molecule has 0 aliphatic carbocycles. The van der Waals surface area contributed by atoms with Crippen molar-refractivity contribution in [3.05, 3.63) is 54.2 Å². The van der Waals surface area contributed by atoms with Crippen molar-refractivity contribution < 1.29 is 17.4 Å². The van der Waals surface area contributed by atoms with Crippen molar-refractivity contribution in [2.24, 2.45) is 0 Å². The van der Waals surface area contributed by atoms with Crippen LogP contribution in [-0.4, -0.2) is 21.5 Å². The summed E-state index contributed by atoms with van der Waals surface area (Å²) in [5, 5.41) is 2.60. The van der Waals surface area contributed by atoms with Crippen LogP contribution in [0, 0.1) is 0 Å². The molecule has 112 valence electrons. The smallest absolute Gasteiger partial charge is 0.369 e. The van der Waals surface area contributed by atoms with Gasteiger partial charge < -0.3 is 5.32 Å². The van der Waals surface area contributed by atoms with Crippen LogP contribution in [0.1, 0.15) is 5.56 Å². The van der Waals surface area contributed by atoms with Crippen LogP contribution >= 0.6 is 0 Å². The predicted octanol–water partition coefficient (Wildman–Crippen LogP) is 3.32. The number of alkyl halides is 3. The van der Waals surface area contributed by atoms with E-state index in [9.17, 15) is 17.4 Å². The van der Waals surface area contributed by atoms with Crippen LogP contribution in [-0.2, 0) is 17.0 Å². The molecular formula is C14H13F3N2OS. The number of nitrogens with one attached hydrogen (secondary N) is 1. The molecule has 1 atom stereocenters. The van der Waals surface area contributed by atoms with E-state index in [-0.39, 0.29) is 18.1 Å². The van der Waals surface area contributed by atoms with Gasteiger partial charge in [-0.05, 0) is 24.3 Å². The first-order valence-corrected chi connectivity index (χ1v) is 7.50. The van der Waals surface area contributed by atoms with Gasteiger partial charge in [0.25, 0.3) is 0 Å². The Labute approximate surface area is 122 Å². The number of nitrogens with zero attached hydrogens (tertiary/aromatic N) is 1. The minimum Gasteiger partial charge on any atom is -0.369 e. The van der Waals surface area contributed by atoms with Gasteiger partial charge in [-0.1, -0.05) is 18.2 Å². The summed E-state index contributed by atoms with van der Waals surface area (Å²) in [7, 11) is -1.26. The largest absolute Gasteiger partial charge is 0.419 e. The second kappa shape index (κ2) is 6.71. The third-order valence-electron chi connectivity index (χ3n) is 2.70. The molecular weight excluding hydrogens is 301 g/mol. The highest BCUT2D eigenvalue weighted by atomic mass is 32.2. The first-order chi connectivity index (χ1) is 9.98. The normalized spacial score (nSPS) is 12.9. The quantitative estimate of drug-likeness (QED) is 0.920. The Bertz CT molecular complexity index is 617. The number of anilines is 1. The number of benzene rings is 1. The van der Waals surface area contributed by atoms with Crippen molar-refractivity contribution in [2.75, 3.05) is 17.6 Å². The predicted molar refractivity (Wildman–Crippen MR) is 75.4 cm³/mol. The molecule has 1 aromatic heterocycles. The highest BCUT2D eigenvalue weighted by molar-refractivity contribution is 7.85. The molecule has 0 aliphatic heterocycles. The second-order valence-electron chi connectivity index (χ2n) is 4.19. The SMILES string of the molecule is O=[S@@](CCNc1ncccc1C(F)(F)F)c1ccccc1. The van der Waals surface area contributed by atoms with Crippen LogP contribution in [0.25, 0.3) is 0 Å². The van der Waals surface area contributed by atoms with Crippen molar-refractivity contribution in [3.63, 3.8) is 0 Å². The van der Waals surface area contributed by atoms with Crippen molar-refractivity contribution in [1.29, 1.82) is 0 Å². The molecule has 21 heavy (non-hydrogen) atoms. The molecule has 7 heteroatoms. The van der Waals surface area contributed by atoms with E-state index >= 15 is 0 Å². The summed E-state index contributed by atoms with van der Waals surface area (Å²) in [5.41, 5.74) is -0.824. The summed E-state index contributed by atoms with van der Waals surface area (Å²) >= 11 is 0. The van der Waals surface area contributed by atoms with E-state index in [1.807, 2.05) is 6.07 Å². The topological polar surface area (TPSA) is 42.0 Å². The van der Waals surface area contributed by atoms with E-state index in [2.05, 4.69) is 10.3 Å². The van der Waals surface area contributed by atoms with E-state index in [0.29, 0.717) is 4.90 Å². The minimum atomic E-state index is -4.46. The van der Waals surface area contributed by atoms with E-state index in [0.717, 1.165) is 6.07 Å². The standard InChI is InChI=1S/C14H13F3N2OS/c15-14(16,17)12-7-4-8-18-13(12)19-9-10-21(20)11-5-2-1-3-6-11/h1-8H,9-10H2,(H,18,19)/t21-/m0/s1. The third-order valence-corrected chi connectivity index (χ3v) is 4.07. The van der Waals surface area contributed by atoms with Crippen LogP contribution in [0.5, 0.6) is 0 Å². The Morgan fingerprint density at radius 3 is 2.48 bits per heavy atom. The Morgan fingerprint density at radius 1 is 1.10 bits per heavy atom. The van der Waals surface area contributed by atoms with Gasteiger partial charge >= 0.3 is 6.18 Å². The summed E-state index contributed by atoms with van der Waals surface area (Å²) in [5.74, 6) is -0.0344. The average Bonchev–Trinajstić information content (AvgIpc) is 2.47. The summed E-state index contributed by atoms with van der Waals surface area (Å²) in [4.78, 5) is 4.33. The van der Waals surface area contributed by atoms with Gasteiger partial charge in [-0.3, -0.25) is 4.21 Å². The van der Waals surface area contributed by atoms with E-state index in [4.69, 9.17) is 0 Å². The van der Waals surface area contributed by atoms with Gasteiger partial charge in [0, 0.05) is 23.4 Å². The maximum absolute atomic E-state index is 12.8. The third kappa shape index (κ3) is 4.29. The molecule has 0 saturated carbocycles. The molecule has 0 amide bonds. The number of aromatic nitrogens is 1. The average molecular weight is 314 g/mol. The summed E-state index contributed by atoms with van der Waals surface area (Å²) in [6, 6.07) is 11.0. The molecule has 1 N–H and O–H groups in total. The zero-order chi connectivity index (χ0) is 15.3. The zero-order valence-electron chi connectivity index (χ0n) is 10.9. The second-order valence-corrected chi connectivity index (χ2v) is 5.76. The first-order valence-electron chi connectivity index (χ1n) is 6.18. The maximum Gasteiger partial charge on any atom is 0.419 e. The fraction of sp³-hybridized carbons (Fsp3) is 0.214. The van der Waals surface area contributed by atoms with Crippen LogP contribution in [0.3, 0.4) is 0 Å². The van der Waals surface area contributed by atoms with Gasteiger partial charge in [0.15, 0.2) is 0 Å². The van der Waals surface area contributed by atoms with Gasteiger partial charge in [0.1, 0.15) is 5.82 Å². The number of pyridine rings is 1. The number of hydrogen-bond donors (Lipinski definition) is 1. The lowest BCUT2D eigenvalue weighted by atomic mass is 10.2. The first kappa shape index (κ1) is 15.5. The van der Waals surface area contributed by atoms with Gasteiger partial charge in [-0.25, -0.2) is 4.98 Å². The molecule has 2 aromatic rings. The van der Waals surface area contributed by atoms with E-state index in [1.54, 1.807) is 24.3 Å². The van der Waals surface area contributed by atoms with Crippen LogP contribution < -0.4 is 5.32 Å². The summed E-state index contributed by atoms with van der Waals surface area (Å²) in [6.45, 7) is 0.140. The zero-order valence-corrected chi connectivity index (χ0v) is 11.7. The van der Waals surface area contributed by atoms with Gasteiger partial charge in [0.2, 0.25) is 0 Å². The minimum absolute atomic E-state index is 0.140. The highest BCUT2D eigenvalue weighted by Gasteiger charge is 2.33. The molecule has 0 aliphatic rings. The number of hydrogen-bond acceptors (Lipinski definition) is 3. The van der Waals surface area contributed by atoms with Crippen LogP contribution in [0.4, 0.5) is 19.0 Å². The van der Waals surface area contributed by atoms with Crippen molar-refractivity contribution in [2.45, 2.75) is 11.1 Å². The number of halogens is 3. The number of rotatable bonds is 5. The maximum atomic E-state index is 12.8. The molecule has 1 aromatic carbocycles. The molecule has 0 radical (unpaired) electrons. The Morgan fingerprint density at radius 2 is 1.81 bits per heavy atom. The Kier molecular flexibility index (Phi) is 4.95. The molecule has 0 spiro atoms. The van der Waals surface area contributed by atoms with Crippen LogP contribution in [0.2, 0.25) is 0 Å². The fourth-order valence-corrected chi connectivity index (χ4v) is 2.71. The van der Waals surface area contributed by atoms with Gasteiger partial charge in [-0.15, -0.1) is 0 Å². The molecule has 0 saturated heterocycles. The summed E-state index contributed by atoms with van der Waals surface area (Å²) < 4.78 is 50.2. The monoisotopic (exact) mass is 314 g/mol.